The molecule has 0 aliphatic carbocycles. The van der Waals surface area contributed by atoms with E-state index in [2.05, 4.69) is 32.8 Å². The lowest BCUT2D eigenvalue weighted by Gasteiger charge is -2.37. The summed E-state index contributed by atoms with van der Waals surface area (Å²) in [6.45, 7) is 7.34. The summed E-state index contributed by atoms with van der Waals surface area (Å²) in [5.74, 6) is 1.95. The van der Waals surface area contributed by atoms with Crippen LogP contribution >= 0.6 is 0 Å². The van der Waals surface area contributed by atoms with Gasteiger partial charge in [0.1, 0.15) is 29.1 Å². The Balaban J connectivity index is 1.52. The topological polar surface area (TPSA) is 106 Å². The molecular formula is C23H26N6O3. The van der Waals surface area contributed by atoms with Gasteiger partial charge in [0.2, 0.25) is 5.88 Å². The van der Waals surface area contributed by atoms with Gasteiger partial charge in [0.25, 0.3) is 0 Å². The summed E-state index contributed by atoms with van der Waals surface area (Å²) < 4.78 is 13.2. The van der Waals surface area contributed by atoms with E-state index in [0.29, 0.717) is 47.3 Å². The molecule has 0 radical (unpaired) electrons. The number of hydrogen-bond donors (Lipinski definition) is 0. The maximum absolute atomic E-state index is 12.4. The first kappa shape index (κ1) is 21.6. The maximum atomic E-state index is 12.4. The zero-order valence-electron chi connectivity index (χ0n) is 18.6. The Kier molecular flexibility index (Phi) is 5.95. The zero-order valence-corrected chi connectivity index (χ0v) is 18.6. The van der Waals surface area contributed by atoms with E-state index in [1.807, 2.05) is 26.0 Å². The van der Waals surface area contributed by atoms with Crippen molar-refractivity contribution < 1.29 is 9.47 Å². The molecule has 4 rings (SSSR count). The largest absolute Gasteiger partial charge is 0.489 e. The highest BCUT2D eigenvalue weighted by atomic mass is 16.5. The summed E-state index contributed by atoms with van der Waals surface area (Å²) in [4.78, 5) is 27.5. The van der Waals surface area contributed by atoms with Crippen LogP contribution in [0.2, 0.25) is 0 Å². The lowest BCUT2D eigenvalue weighted by molar-refractivity contribution is 0.115. The summed E-state index contributed by atoms with van der Waals surface area (Å²) >= 11 is 0. The molecule has 9 heteroatoms. The van der Waals surface area contributed by atoms with Gasteiger partial charge in [-0.3, -0.25) is 4.57 Å². The molecular weight excluding hydrogens is 408 g/mol. The van der Waals surface area contributed by atoms with Crippen molar-refractivity contribution in [2.75, 3.05) is 18.0 Å². The quantitative estimate of drug-likeness (QED) is 0.603. The van der Waals surface area contributed by atoms with E-state index >= 15 is 0 Å². The molecule has 0 bridgehead atoms. The molecule has 0 spiro atoms. The third kappa shape index (κ3) is 4.35. The summed E-state index contributed by atoms with van der Waals surface area (Å²) in [5.41, 5.74) is 1.15. The summed E-state index contributed by atoms with van der Waals surface area (Å²) in [6, 6.07) is 9.09. The Labute approximate surface area is 186 Å². The van der Waals surface area contributed by atoms with Gasteiger partial charge in [0, 0.05) is 38.5 Å². The Hall–Kier alpha value is -3.67. The average molecular weight is 435 g/mol. The van der Waals surface area contributed by atoms with Crippen LogP contribution in [-0.2, 0) is 7.05 Å². The molecule has 3 aromatic heterocycles. The Morgan fingerprint density at radius 3 is 2.69 bits per heavy atom. The third-order valence-electron chi connectivity index (χ3n) is 5.53. The van der Waals surface area contributed by atoms with Crippen molar-refractivity contribution in [3.8, 4) is 17.7 Å². The first-order valence-corrected chi connectivity index (χ1v) is 10.7. The maximum Gasteiger partial charge on any atom is 0.349 e. The Bertz CT molecular complexity index is 1220. The highest BCUT2D eigenvalue weighted by molar-refractivity contribution is 5.86. The minimum absolute atomic E-state index is 0.0175. The average Bonchev–Trinajstić information content (AvgIpc) is 2.78. The molecule has 1 fully saturated rings. The lowest BCUT2D eigenvalue weighted by Crippen LogP contribution is -2.45. The molecule has 166 valence electrons. The predicted molar refractivity (Wildman–Crippen MR) is 120 cm³/mol. The summed E-state index contributed by atoms with van der Waals surface area (Å²) in [5, 5.41) is 9.25. The molecule has 0 aromatic carbocycles. The number of fused-ring (bicyclic) bond motifs is 1. The number of nitrogens with zero attached hydrogens (tertiary/aromatic N) is 6. The second-order valence-electron chi connectivity index (χ2n) is 8.32. The predicted octanol–water partition coefficient (Wildman–Crippen LogP) is 2.68. The van der Waals surface area contributed by atoms with E-state index in [-0.39, 0.29) is 23.8 Å². The van der Waals surface area contributed by atoms with Crippen molar-refractivity contribution in [2.24, 2.45) is 13.0 Å². The van der Waals surface area contributed by atoms with Crippen LogP contribution in [0.25, 0.3) is 11.0 Å². The van der Waals surface area contributed by atoms with Crippen LogP contribution in [0.1, 0.15) is 32.9 Å². The monoisotopic (exact) mass is 434 g/mol. The van der Waals surface area contributed by atoms with E-state index in [1.54, 1.807) is 25.4 Å². The van der Waals surface area contributed by atoms with Gasteiger partial charge in [-0.05, 0) is 32.0 Å². The molecule has 2 atom stereocenters. The first-order chi connectivity index (χ1) is 15.4. The van der Waals surface area contributed by atoms with Crippen LogP contribution in [0, 0.1) is 17.2 Å². The van der Waals surface area contributed by atoms with Gasteiger partial charge in [-0.1, -0.05) is 6.92 Å². The Morgan fingerprint density at radius 1 is 1.22 bits per heavy atom. The van der Waals surface area contributed by atoms with Gasteiger partial charge in [-0.25, -0.2) is 14.8 Å². The number of nitriles is 1. The molecule has 1 aliphatic heterocycles. The van der Waals surface area contributed by atoms with Crippen molar-refractivity contribution in [1.82, 2.24) is 19.5 Å². The van der Waals surface area contributed by atoms with E-state index in [4.69, 9.17) is 9.47 Å². The number of anilines is 1. The zero-order chi connectivity index (χ0) is 22.8. The second-order valence-corrected chi connectivity index (χ2v) is 8.32. The molecule has 0 saturated carbocycles. The number of rotatable bonds is 5. The number of pyridine rings is 2. The molecule has 0 amide bonds. The van der Waals surface area contributed by atoms with Crippen LogP contribution in [-0.4, -0.2) is 44.8 Å². The minimum atomic E-state index is -0.349. The van der Waals surface area contributed by atoms with Crippen molar-refractivity contribution >= 4 is 16.9 Å². The highest BCUT2D eigenvalue weighted by Crippen LogP contribution is 2.28. The van der Waals surface area contributed by atoms with Crippen LogP contribution in [0.15, 0.2) is 35.3 Å². The number of ether oxygens (including phenoxy) is 2. The fraction of sp³-hybridized carbons (Fsp3) is 0.435. The van der Waals surface area contributed by atoms with Crippen molar-refractivity contribution in [1.29, 1.82) is 5.26 Å². The van der Waals surface area contributed by atoms with Crippen LogP contribution in [0.3, 0.4) is 0 Å². The molecule has 32 heavy (non-hydrogen) atoms. The van der Waals surface area contributed by atoms with E-state index < -0.39 is 0 Å². The number of hydrogen-bond acceptors (Lipinski definition) is 8. The van der Waals surface area contributed by atoms with Crippen molar-refractivity contribution in [3.63, 3.8) is 0 Å². The molecule has 3 aromatic rings. The van der Waals surface area contributed by atoms with E-state index in [1.165, 1.54) is 4.57 Å². The number of aryl methyl sites for hydroxylation is 1. The standard InChI is InChI=1S/C23H26N6O3/c1-14(2)31-17-6-8-20(25-12-17)32-19-9-10-29(13-15(19)3)22-21-18(28(4)23(30)27-22)7-5-16(11-24)26-21/h5-8,12,14-15,19H,9-10,13H2,1-4H3. The first-order valence-electron chi connectivity index (χ1n) is 10.7. The normalized spacial score (nSPS) is 18.6. The highest BCUT2D eigenvalue weighted by Gasteiger charge is 2.30. The number of piperidine rings is 1. The molecule has 1 saturated heterocycles. The van der Waals surface area contributed by atoms with Gasteiger partial charge >= 0.3 is 5.69 Å². The van der Waals surface area contributed by atoms with Crippen LogP contribution < -0.4 is 20.1 Å². The lowest BCUT2D eigenvalue weighted by atomic mass is 9.96. The molecule has 1 aliphatic rings. The van der Waals surface area contributed by atoms with Crippen molar-refractivity contribution in [2.45, 2.75) is 39.4 Å². The smallest absolute Gasteiger partial charge is 0.349 e. The van der Waals surface area contributed by atoms with Gasteiger partial charge in [0.05, 0.1) is 17.8 Å². The minimum Gasteiger partial charge on any atom is -0.489 e. The van der Waals surface area contributed by atoms with Gasteiger partial charge < -0.3 is 14.4 Å². The second kappa shape index (κ2) is 8.83. The Morgan fingerprint density at radius 2 is 2.03 bits per heavy atom. The SMILES string of the molecule is CC(C)Oc1ccc(OC2CCN(c3nc(=O)n(C)c4ccc(C#N)nc34)CC2C)nc1. The summed E-state index contributed by atoms with van der Waals surface area (Å²) in [6.07, 6.45) is 2.48. The van der Waals surface area contributed by atoms with Crippen LogP contribution in [0.4, 0.5) is 5.82 Å². The van der Waals surface area contributed by atoms with Gasteiger partial charge in [-0.15, -0.1) is 0 Å². The molecule has 9 nitrogen and oxygen atoms in total. The molecule has 4 heterocycles. The fourth-order valence-corrected chi connectivity index (χ4v) is 3.92. The van der Waals surface area contributed by atoms with Gasteiger partial charge in [-0.2, -0.15) is 10.2 Å². The van der Waals surface area contributed by atoms with E-state index in [0.717, 1.165) is 6.42 Å². The van der Waals surface area contributed by atoms with Gasteiger partial charge in [0.15, 0.2) is 5.82 Å². The van der Waals surface area contributed by atoms with Crippen molar-refractivity contribution in [3.05, 3.63) is 46.6 Å². The van der Waals surface area contributed by atoms with E-state index in [9.17, 15) is 10.1 Å². The molecule has 0 N–H and O–H groups in total. The fourth-order valence-electron chi connectivity index (χ4n) is 3.92. The summed E-state index contributed by atoms with van der Waals surface area (Å²) in [7, 11) is 1.66. The number of aromatic nitrogens is 4. The third-order valence-corrected chi connectivity index (χ3v) is 5.53. The van der Waals surface area contributed by atoms with Crippen LogP contribution in [0.5, 0.6) is 11.6 Å². The molecule has 2 unspecified atom stereocenters.